The van der Waals surface area contributed by atoms with Crippen molar-refractivity contribution < 1.29 is 18.4 Å². The molecule has 1 aliphatic rings. The fourth-order valence-electron chi connectivity index (χ4n) is 3.65. The number of anilines is 2. The topological polar surface area (TPSA) is 49.4 Å². The van der Waals surface area contributed by atoms with E-state index in [0.29, 0.717) is 16.2 Å². The number of amides is 2. The van der Waals surface area contributed by atoms with Crippen molar-refractivity contribution >= 4 is 28.8 Å². The first-order valence-corrected chi connectivity index (χ1v) is 10.3. The summed E-state index contributed by atoms with van der Waals surface area (Å²) in [6.45, 7) is 5.88. The Hall–Kier alpha value is -3.80. The zero-order valence-corrected chi connectivity index (χ0v) is 18.0. The Morgan fingerprint density at radius 1 is 0.844 bits per heavy atom. The molecule has 0 fully saturated rings. The molecule has 0 saturated carbocycles. The molecule has 32 heavy (non-hydrogen) atoms. The molecule has 3 aromatic rings. The molecule has 6 heteroatoms. The van der Waals surface area contributed by atoms with E-state index in [9.17, 15) is 18.4 Å². The largest absolute Gasteiger partial charge is 0.350 e. The van der Waals surface area contributed by atoms with Gasteiger partial charge in [-0.2, -0.15) is 0 Å². The SMILES string of the molecule is CCc1ccc(NC2=C(c3ccc(C)c(C)c3)C(=O)N(c3cc(F)ccc3F)C2=O)cc1. The van der Waals surface area contributed by atoms with Crippen molar-refractivity contribution in [2.45, 2.75) is 27.2 Å². The van der Waals surface area contributed by atoms with Crippen LogP contribution in [0.4, 0.5) is 20.2 Å². The summed E-state index contributed by atoms with van der Waals surface area (Å²) in [5, 5.41) is 3.04. The van der Waals surface area contributed by atoms with Crippen LogP contribution < -0.4 is 10.2 Å². The first-order chi connectivity index (χ1) is 15.3. The van der Waals surface area contributed by atoms with Crippen molar-refractivity contribution in [1.82, 2.24) is 0 Å². The number of carbonyl (C=O) groups excluding carboxylic acids is 2. The van der Waals surface area contributed by atoms with Crippen LogP contribution in [0.25, 0.3) is 5.57 Å². The molecule has 0 saturated heterocycles. The highest BCUT2D eigenvalue weighted by Crippen LogP contribution is 2.35. The highest BCUT2D eigenvalue weighted by molar-refractivity contribution is 6.46. The van der Waals surface area contributed by atoms with E-state index < -0.39 is 29.1 Å². The summed E-state index contributed by atoms with van der Waals surface area (Å²) < 4.78 is 28.3. The molecule has 2 amide bonds. The van der Waals surface area contributed by atoms with Gasteiger partial charge in [-0.15, -0.1) is 0 Å². The van der Waals surface area contributed by atoms with Crippen molar-refractivity contribution in [3.8, 4) is 0 Å². The molecule has 0 bridgehead atoms. The summed E-state index contributed by atoms with van der Waals surface area (Å²) in [6, 6.07) is 15.6. The molecule has 3 aromatic carbocycles. The number of carbonyl (C=O) groups is 2. The molecule has 0 unspecified atom stereocenters. The Kier molecular flexibility index (Phi) is 5.61. The number of hydrogen-bond acceptors (Lipinski definition) is 3. The first-order valence-electron chi connectivity index (χ1n) is 10.3. The highest BCUT2D eigenvalue weighted by Gasteiger charge is 2.41. The molecule has 0 atom stereocenters. The van der Waals surface area contributed by atoms with E-state index in [2.05, 4.69) is 5.32 Å². The lowest BCUT2D eigenvalue weighted by Gasteiger charge is -2.16. The maximum absolute atomic E-state index is 14.5. The maximum atomic E-state index is 14.5. The van der Waals surface area contributed by atoms with E-state index in [1.54, 1.807) is 6.07 Å². The minimum absolute atomic E-state index is 0.0196. The van der Waals surface area contributed by atoms with E-state index in [0.717, 1.165) is 41.3 Å². The second-order valence-corrected chi connectivity index (χ2v) is 7.77. The number of aryl methyl sites for hydroxylation is 3. The quantitative estimate of drug-likeness (QED) is 0.539. The average Bonchev–Trinajstić information content (AvgIpc) is 3.02. The van der Waals surface area contributed by atoms with E-state index in [1.165, 1.54) is 0 Å². The smallest absolute Gasteiger partial charge is 0.282 e. The van der Waals surface area contributed by atoms with Crippen molar-refractivity contribution in [3.63, 3.8) is 0 Å². The molecular weight excluding hydrogens is 410 g/mol. The van der Waals surface area contributed by atoms with Gasteiger partial charge >= 0.3 is 0 Å². The third-order valence-corrected chi connectivity index (χ3v) is 5.66. The Morgan fingerprint density at radius 3 is 2.22 bits per heavy atom. The van der Waals surface area contributed by atoms with Crippen LogP contribution in [0.2, 0.25) is 0 Å². The van der Waals surface area contributed by atoms with Gasteiger partial charge in [0, 0.05) is 11.8 Å². The van der Waals surface area contributed by atoms with Gasteiger partial charge < -0.3 is 5.32 Å². The van der Waals surface area contributed by atoms with Gasteiger partial charge in [-0.1, -0.05) is 37.3 Å². The molecule has 0 aliphatic carbocycles. The van der Waals surface area contributed by atoms with Gasteiger partial charge in [0.1, 0.15) is 17.3 Å². The number of halogens is 2. The number of nitrogens with zero attached hydrogens (tertiary/aromatic N) is 1. The van der Waals surface area contributed by atoms with E-state index in [-0.39, 0.29) is 11.3 Å². The third-order valence-electron chi connectivity index (χ3n) is 5.66. The van der Waals surface area contributed by atoms with Gasteiger partial charge in [-0.3, -0.25) is 9.59 Å². The van der Waals surface area contributed by atoms with Crippen LogP contribution in [-0.4, -0.2) is 11.8 Å². The minimum atomic E-state index is -0.860. The summed E-state index contributed by atoms with van der Waals surface area (Å²) in [6.07, 6.45) is 0.862. The molecule has 1 N–H and O–H groups in total. The van der Waals surface area contributed by atoms with Gasteiger partial charge in [0.05, 0.1) is 11.3 Å². The summed E-state index contributed by atoms with van der Waals surface area (Å²) in [5.41, 5.74) is 3.95. The molecule has 0 spiro atoms. The fraction of sp³-hybridized carbons (Fsp3) is 0.154. The maximum Gasteiger partial charge on any atom is 0.282 e. The summed E-state index contributed by atoms with van der Waals surface area (Å²) in [7, 11) is 0. The van der Waals surface area contributed by atoms with E-state index >= 15 is 0 Å². The van der Waals surface area contributed by atoms with Crippen LogP contribution in [0.15, 0.2) is 66.4 Å². The zero-order valence-electron chi connectivity index (χ0n) is 18.0. The first kappa shape index (κ1) is 21.4. The lowest BCUT2D eigenvalue weighted by molar-refractivity contribution is -0.120. The number of nitrogens with one attached hydrogen (secondary N) is 1. The normalized spacial score (nSPS) is 13.8. The number of imide groups is 1. The summed E-state index contributed by atoms with van der Waals surface area (Å²) >= 11 is 0. The van der Waals surface area contributed by atoms with Gasteiger partial charge in [-0.25, -0.2) is 13.7 Å². The van der Waals surface area contributed by atoms with E-state index in [1.807, 2.05) is 57.2 Å². The van der Waals surface area contributed by atoms with Gasteiger partial charge in [0.2, 0.25) is 0 Å². The van der Waals surface area contributed by atoms with Crippen molar-refractivity contribution in [3.05, 3.63) is 100 Å². The number of rotatable bonds is 5. The molecule has 162 valence electrons. The van der Waals surface area contributed by atoms with Crippen molar-refractivity contribution in [2.24, 2.45) is 0 Å². The molecule has 1 aliphatic heterocycles. The van der Waals surface area contributed by atoms with Gasteiger partial charge in [-0.05, 0) is 66.8 Å². The molecular formula is C26H22F2N2O2. The van der Waals surface area contributed by atoms with Crippen LogP contribution in [0.1, 0.15) is 29.2 Å². The number of hydrogen-bond donors (Lipinski definition) is 1. The predicted molar refractivity (Wildman–Crippen MR) is 121 cm³/mol. The molecule has 0 radical (unpaired) electrons. The minimum Gasteiger partial charge on any atom is -0.350 e. The lowest BCUT2D eigenvalue weighted by atomic mass is 9.99. The molecule has 4 nitrogen and oxygen atoms in total. The second-order valence-electron chi connectivity index (χ2n) is 7.77. The Morgan fingerprint density at radius 2 is 1.56 bits per heavy atom. The third kappa shape index (κ3) is 3.80. The average molecular weight is 432 g/mol. The van der Waals surface area contributed by atoms with Gasteiger partial charge in [0.15, 0.2) is 0 Å². The van der Waals surface area contributed by atoms with Crippen LogP contribution in [0.3, 0.4) is 0 Å². The standard InChI is InChI=1S/C26H22F2N2O2/c1-4-17-6-10-20(11-7-17)29-24-23(18-8-5-15(2)16(3)13-18)25(31)30(26(24)32)22-14-19(27)9-12-21(22)28/h5-14,29H,4H2,1-3H3. The van der Waals surface area contributed by atoms with Crippen molar-refractivity contribution in [2.75, 3.05) is 10.2 Å². The molecule has 0 aromatic heterocycles. The lowest BCUT2D eigenvalue weighted by Crippen LogP contribution is -2.33. The Balaban J connectivity index is 1.85. The van der Waals surface area contributed by atoms with Crippen molar-refractivity contribution in [1.29, 1.82) is 0 Å². The van der Waals surface area contributed by atoms with Crippen LogP contribution in [-0.2, 0) is 16.0 Å². The van der Waals surface area contributed by atoms with Crippen LogP contribution in [0.5, 0.6) is 0 Å². The van der Waals surface area contributed by atoms with E-state index in [4.69, 9.17) is 0 Å². The fourth-order valence-corrected chi connectivity index (χ4v) is 3.65. The predicted octanol–water partition coefficient (Wildman–Crippen LogP) is 5.54. The van der Waals surface area contributed by atoms with Crippen LogP contribution in [0, 0.1) is 25.5 Å². The summed E-state index contributed by atoms with van der Waals surface area (Å²) in [4.78, 5) is 27.4. The second kappa shape index (κ2) is 8.38. The summed E-state index contributed by atoms with van der Waals surface area (Å²) in [5.74, 6) is -3.06. The Labute approximate surface area is 185 Å². The Bertz CT molecular complexity index is 1260. The van der Waals surface area contributed by atoms with Crippen LogP contribution >= 0.6 is 0 Å². The highest BCUT2D eigenvalue weighted by atomic mass is 19.1. The molecule has 1 heterocycles. The van der Waals surface area contributed by atoms with Gasteiger partial charge in [0.25, 0.3) is 11.8 Å². The monoisotopic (exact) mass is 432 g/mol. The zero-order chi connectivity index (χ0) is 23.0. The molecule has 4 rings (SSSR count). The number of benzene rings is 3.